The summed E-state index contributed by atoms with van der Waals surface area (Å²) in [6, 6.07) is 7.29. The average molecular weight is 210 g/mol. The van der Waals surface area contributed by atoms with Gasteiger partial charge in [-0.25, -0.2) is 0 Å². The summed E-state index contributed by atoms with van der Waals surface area (Å²) in [7, 11) is 0. The molecule has 0 aliphatic rings. The lowest BCUT2D eigenvalue weighted by Gasteiger charge is -2.19. The normalized spacial score (nSPS) is 11.5. The SMILES string of the molecule is CC(C)(C)OCOc1ccc(CO)cc1. The minimum atomic E-state index is -0.189. The maximum Gasteiger partial charge on any atom is 0.189 e. The van der Waals surface area contributed by atoms with Gasteiger partial charge in [0.25, 0.3) is 0 Å². The van der Waals surface area contributed by atoms with Crippen molar-refractivity contribution in [3.63, 3.8) is 0 Å². The van der Waals surface area contributed by atoms with Crippen LogP contribution in [-0.2, 0) is 11.3 Å². The van der Waals surface area contributed by atoms with Gasteiger partial charge in [0.2, 0.25) is 0 Å². The van der Waals surface area contributed by atoms with Crippen LogP contribution in [-0.4, -0.2) is 17.5 Å². The highest BCUT2D eigenvalue weighted by Gasteiger charge is 2.09. The molecule has 0 unspecified atom stereocenters. The van der Waals surface area contributed by atoms with E-state index in [-0.39, 0.29) is 19.0 Å². The molecule has 1 rings (SSSR count). The summed E-state index contributed by atoms with van der Waals surface area (Å²) in [5, 5.41) is 8.85. The molecule has 0 heterocycles. The van der Waals surface area contributed by atoms with Crippen LogP contribution in [0.1, 0.15) is 26.3 Å². The van der Waals surface area contributed by atoms with Crippen LogP contribution in [0.5, 0.6) is 5.75 Å². The maximum atomic E-state index is 8.85. The third-order valence-electron chi connectivity index (χ3n) is 1.82. The lowest BCUT2D eigenvalue weighted by atomic mass is 10.2. The van der Waals surface area contributed by atoms with Gasteiger partial charge in [-0.2, -0.15) is 0 Å². The largest absolute Gasteiger partial charge is 0.468 e. The molecule has 3 nitrogen and oxygen atoms in total. The number of hydrogen-bond acceptors (Lipinski definition) is 3. The standard InChI is InChI=1S/C12H18O3/c1-12(2,3)15-9-14-11-6-4-10(8-13)5-7-11/h4-7,13H,8-9H2,1-3H3. The van der Waals surface area contributed by atoms with Crippen molar-refractivity contribution in [1.82, 2.24) is 0 Å². The summed E-state index contributed by atoms with van der Waals surface area (Å²) in [4.78, 5) is 0. The Balaban J connectivity index is 2.38. The van der Waals surface area contributed by atoms with Crippen LogP contribution in [0.3, 0.4) is 0 Å². The molecule has 15 heavy (non-hydrogen) atoms. The van der Waals surface area contributed by atoms with Crippen molar-refractivity contribution in [3.05, 3.63) is 29.8 Å². The number of rotatable bonds is 4. The average Bonchev–Trinajstić information content (AvgIpc) is 2.17. The number of aliphatic hydroxyl groups excluding tert-OH is 1. The second-order valence-corrected chi connectivity index (χ2v) is 4.32. The first-order valence-corrected chi connectivity index (χ1v) is 4.98. The Hall–Kier alpha value is -1.06. The predicted molar refractivity (Wildman–Crippen MR) is 58.7 cm³/mol. The van der Waals surface area contributed by atoms with Crippen molar-refractivity contribution in [2.45, 2.75) is 33.0 Å². The van der Waals surface area contributed by atoms with E-state index >= 15 is 0 Å². The van der Waals surface area contributed by atoms with Crippen molar-refractivity contribution in [1.29, 1.82) is 0 Å². The van der Waals surface area contributed by atoms with Crippen molar-refractivity contribution >= 4 is 0 Å². The van der Waals surface area contributed by atoms with Gasteiger partial charge in [0.15, 0.2) is 6.79 Å². The van der Waals surface area contributed by atoms with E-state index in [0.717, 1.165) is 11.3 Å². The molecule has 0 bridgehead atoms. The Labute approximate surface area is 90.6 Å². The Kier molecular flexibility index (Phi) is 4.12. The first kappa shape index (κ1) is 12.0. The Morgan fingerprint density at radius 1 is 1.13 bits per heavy atom. The summed E-state index contributed by atoms with van der Waals surface area (Å²) in [6.45, 7) is 6.22. The van der Waals surface area contributed by atoms with Crippen LogP contribution in [0, 0.1) is 0 Å². The van der Waals surface area contributed by atoms with Crippen LogP contribution in [0.15, 0.2) is 24.3 Å². The van der Waals surface area contributed by atoms with Gasteiger partial charge in [-0.15, -0.1) is 0 Å². The van der Waals surface area contributed by atoms with Gasteiger partial charge < -0.3 is 14.6 Å². The fourth-order valence-electron chi connectivity index (χ4n) is 0.965. The highest BCUT2D eigenvalue weighted by Crippen LogP contribution is 2.13. The molecule has 1 N–H and O–H groups in total. The predicted octanol–water partition coefficient (Wildman–Crippen LogP) is 2.33. The molecule has 3 heteroatoms. The van der Waals surface area contributed by atoms with E-state index in [0.29, 0.717) is 0 Å². The number of hydrogen-bond donors (Lipinski definition) is 1. The Morgan fingerprint density at radius 2 is 1.73 bits per heavy atom. The first-order chi connectivity index (χ1) is 7.01. The zero-order chi connectivity index (χ0) is 11.3. The van der Waals surface area contributed by atoms with E-state index in [1.165, 1.54) is 0 Å². The summed E-state index contributed by atoms with van der Waals surface area (Å²) >= 11 is 0. The fraction of sp³-hybridized carbons (Fsp3) is 0.500. The molecule has 0 aromatic heterocycles. The fourth-order valence-corrected chi connectivity index (χ4v) is 0.965. The molecule has 0 atom stereocenters. The molecule has 0 saturated carbocycles. The highest BCUT2D eigenvalue weighted by molar-refractivity contribution is 5.26. The van der Waals surface area contributed by atoms with Crippen LogP contribution in [0.2, 0.25) is 0 Å². The monoisotopic (exact) mass is 210 g/mol. The second-order valence-electron chi connectivity index (χ2n) is 4.32. The molecular formula is C12H18O3. The highest BCUT2D eigenvalue weighted by atomic mass is 16.7. The Bertz CT molecular complexity index is 285. The molecule has 1 aromatic carbocycles. The molecular weight excluding hydrogens is 192 g/mol. The van der Waals surface area contributed by atoms with E-state index in [9.17, 15) is 0 Å². The van der Waals surface area contributed by atoms with Gasteiger partial charge in [-0.05, 0) is 38.5 Å². The van der Waals surface area contributed by atoms with Crippen molar-refractivity contribution in [3.8, 4) is 5.75 Å². The lowest BCUT2D eigenvalue weighted by molar-refractivity contribution is -0.0758. The summed E-state index contributed by atoms with van der Waals surface area (Å²) in [6.07, 6.45) is 0. The van der Waals surface area contributed by atoms with E-state index < -0.39 is 0 Å². The zero-order valence-corrected chi connectivity index (χ0v) is 9.49. The van der Waals surface area contributed by atoms with Crippen LogP contribution >= 0.6 is 0 Å². The second kappa shape index (κ2) is 5.14. The van der Waals surface area contributed by atoms with Gasteiger partial charge in [0.1, 0.15) is 5.75 Å². The molecule has 0 aliphatic carbocycles. The molecule has 0 aliphatic heterocycles. The van der Waals surface area contributed by atoms with E-state index in [1.807, 2.05) is 45.0 Å². The van der Waals surface area contributed by atoms with Crippen molar-refractivity contribution in [2.75, 3.05) is 6.79 Å². The lowest BCUT2D eigenvalue weighted by Crippen LogP contribution is -2.22. The molecule has 0 fully saturated rings. The molecule has 0 saturated heterocycles. The zero-order valence-electron chi connectivity index (χ0n) is 9.49. The van der Waals surface area contributed by atoms with Gasteiger partial charge in [-0.1, -0.05) is 12.1 Å². The van der Waals surface area contributed by atoms with Gasteiger partial charge in [0.05, 0.1) is 12.2 Å². The molecule has 84 valence electrons. The van der Waals surface area contributed by atoms with Crippen LogP contribution < -0.4 is 4.74 Å². The van der Waals surface area contributed by atoms with Crippen LogP contribution in [0.25, 0.3) is 0 Å². The number of aliphatic hydroxyl groups is 1. The molecule has 0 amide bonds. The third-order valence-corrected chi connectivity index (χ3v) is 1.82. The van der Waals surface area contributed by atoms with Crippen LogP contribution in [0.4, 0.5) is 0 Å². The summed E-state index contributed by atoms with van der Waals surface area (Å²) in [5.41, 5.74) is 0.685. The maximum absolute atomic E-state index is 8.85. The van der Waals surface area contributed by atoms with E-state index in [4.69, 9.17) is 14.6 Å². The smallest absolute Gasteiger partial charge is 0.189 e. The summed E-state index contributed by atoms with van der Waals surface area (Å²) in [5.74, 6) is 0.747. The van der Waals surface area contributed by atoms with Gasteiger partial charge in [-0.3, -0.25) is 0 Å². The number of ether oxygens (including phenoxy) is 2. The third kappa shape index (κ3) is 4.81. The van der Waals surface area contributed by atoms with E-state index in [2.05, 4.69) is 0 Å². The topological polar surface area (TPSA) is 38.7 Å². The molecule has 0 radical (unpaired) electrons. The van der Waals surface area contributed by atoms with Crippen molar-refractivity contribution < 1.29 is 14.6 Å². The van der Waals surface area contributed by atoms with Crippen molar-refractivity contribution in [2.24, 2.45) is 0 Å². The quantitative estimate of drug-likeness (QED) is 0.775. The van der Waals surface area contributed by atoms with Gasteiger partial charge >= 0.3 is 0 Å². The van der Waals surface area contributed by atoms with E-state index in [1.54, 1.807) is 0 Å². The van der Waals surface area contributed by atoms with Gasteiger partial charge in [0, 0.05) is 0 Å². The Morgan fingerprint density at radius 3 is 2.20 bits per heavy atom. The summed E-state index contributed by atoms with van der Waals surface area (Å²) < 4.78 is 10.8. The minimum absolute atomic E-state index is 0.0543. The minimum Gasteiger partial charge on any atom is -0.468 e. The first-order valence-electron chi connectivity index (χ1n) is 4.98. The molecule has 0 spiro atoms. The molecule has 1 aromatic rings. The number of benzene rings is 1.